The highest BCUT2D eigenvalue weighted by Crippen LogP contribution is 2.23. The minimum Gasteiger partial charge on any atom is -0.394 e. The second kappa shape index (κ2) is 5.36. The van der Waals surface area contributed by atoms with Crippen LogP contribution in [0.2, 0.25) is 0 Å². The Morgan fingerprint density at radius 1 is 1.47 bits per heavy atom. The second-order valence-corrected chi connectivity index (χ2v) is 5.93. The maximum absolute atomic E-state index is 12.3. The maximum Gasteiger partial charge on any atom is 0.225 e. The van der Waals surface area contributed by atoms with Crippen LogP contribution < -0.4 is 0 Å². The van der Waals surface area contributed by atoms with E-state index in [9.17, 15) is 9.90 Å². The van der Waals surface area contributed by atoms with Gasteiger partial charge in [-0.3, -0.25) is 4.79 Å². The Morgan fingerprint density at radius 3 is 2.53 bits per heavy atom. The van der Waals surface area contributed by atoms with E-state index in [2.05, 4.69) is 13.8 Å². The Kier molecular flexibility index (Phi) is 4.55. The first kappa shape index (κ1) is 14.5. The summed E-state index contributed by atoms with van der Waals surface area (Å²) in [5, 5.41) is 9.21. The van der Waals surface area contributed by atoms with Crippen molar-refractivity contribution >= 4 is 5.91 Å². The molecule has 1 saturated heterocycles. The van der Waals surface area contributed by atoms with Crippen LogP contribution in [0.4, 0.5) is 0 Å². The molecular weight excluding hydrogens is 218 g/mol. The van der Waals surface area contributed by atoms with Crippen LogP contribution in [0.15, 0.2) is 0 Å². The summed E-state index contributed by atoms with van der Waals surface area (Å²) in [7, 11) is 0. The van der Waals surface area contributed by atoms with Crippen LogP contribution in [0.5, 0.6) is 0 Å². The van der Waals surface area contributed by atoms with Crippen LogP contribution in [-0.2, 0) is 9.53 Å². The number of aliphatic hydroxyl groups excluding tert-OH is 1. The summed E-state index contributed by atoms with van der Waals surface area (Å²) in [4.78, 5) is 14.1. The van der Waals surface area contributed by atoms with E-state index >= 15 is 0 Å². The average Bonchev–Trinajstić information content (AvgIpc) is 2.24. The molecule has 0 saturated carbocycles. The van der Waals surface area contributed by atoms with Gasteiger partial charge in [-0.1, -0.05) is 20.8 Å². The van der Waals surface area contributed by atoms with E-state index in [1.807, 2.05) is 25.7 Å². The number of hydrogen-bond donors (Lipinski definition) is 1. The third kappa shape index (κ3) is 3.68. The van der Waals surface area contributed by atoms with Crippen molar-refractivity contribution in [2.45, 2.75) is 46.3 Å². The number of carbonyl (C=O) groups excluding carboxylic acids is 1. The van der Waals surface area contributed by atoms with Crippen LogP contribution in [0.1, 0.15) is 34.6 Å². The Morgan fingerprint density at radius 2 is 2.06 bits per heavy atom. The van der Waals surface area contributed by atoms with Crippen molar-refractivity contribution in [3.05, 3.63) is 0 Å². The monoisotopic (exact) mass is 243 g/mol. The molecule has 100 valence electrons. The lowest BCUT2D eigenvalue weighted by Crippen LogP contribution is -2.56. The zero-order valence-electron chi connectivity index (χ0n) is 11.6. The van der Waals surface area contributed by atoms with Gasteiger partial charge in [-0.05, 0) is 19.8 Å². The van der Waals surface area contributed by atoms with Crippen molar-refractivity contribution in [1.82, 2.24) is 4.90 Å². The largest absolute Gasteiger partial charge is 0.394 e. The summed E-state index contributed by atoms with van der Waals surface area (Å²) in [6.07, 6.45) is -0.262. The number of morpholine rings is 1. The summed E-state index contributed by atoms with van der Waals surface area (Å²) in [5.74, 6) is 0.513. The SMILES string of the molecule is CC(C)C(C)C(=O)N1CC(CO)OC(C)(C)C1. The minimum atomic E-state index is -0.377. The van der Waals surface area contributed by atoms with E-state index in [0.29, 0.717) is 19.0 Å². The summed E-state index contributed by atoms with van der Waals surface area (Å²) >= 11 is 0. The topological polar surface area (TPSA) is 49.8 Å². The van der Waals surface area contributed by atoms with Gasteiger partial charge in [0.25, 0.3) is 0 Å². The van der Waals surface area contributed by atoms with Gasteiger partial charge in [0.1, 0.15) is 0 Å². The quantitative estimate of drug-likeness (QED) is 0.812. The van der Waals surface area contributed by atoms with E-state index in [1.54, 1.807) is 0 Å². The van der Waals surface area contributed by atoms with Crippen molar-refractivity contribution in [3.63, 3.8) is 0 Å². The van der Waals surface area contributed by atoms with Crippen molar-refractivity contribution < 1.29 is 14.6 Å². The van der Waals surface area contributed by atoms with Gasteiger partial charge in [-0.15, -0.1) is 0 Å². The molecule has 1 aliphatic heterocycles. The zero-order valence-corrected chi connectivity index (χ0v) is 11.6. The van der Waals surface area contributed by atoms with Crippen molar-refractivity contribution in [1.29, 1.82) is 0 Å². The molecular formula is C13H25NO3. The molecule has 17 heavy (non-hydrogen) atoms. The molecule has 0 aromatic heterocycles. The van der Waals surface area contributed by atoms with Crippen molar-refractivity contribution in [2.24, 2.45) is 11.8 Å². The number of carbonyl (C=O) groups is 1. The van der Waals surface area contributed by atoms with E-state index in [4.69, 9.17) is 4.74 Å². The summed E-state index contributed by atoms with van der Waals surface area (Å²) in [6.45, 7) is 11.0. The molecule has 1 N–H and O–H groups in total. The van der Waals surface area contributed by atoms with E-state index in [0.717, 1.165) is 0 Å². The Labute approximate surface area is 104 Å². The third-order valence-corrected chi connectivity index (χ3v) is 3.39. The Balaban J connectivity index is 2.73. The van der Waals surface area contributed by atoms with Crippen LogP contribution >= 0.6 is 0 Å². The fraction of sp³-hybridized carbons (Fsp3) is 0.923. The first-order chi connectivity index (χ1) is 7.76. The molecule has 1 aliphatic rings. The van der Waals surface area contributed by atoms with Crippen molar-refractivity contribution in [3.8, 4) is 0 Å². The number of rotatable bonds is 3. The molecule has 1 heterocycles. The fourth-order valence-corrected chi connectivity index (χ4v) is 2.13. The van der Waals surface area contributed by atoms with E-state index in [1.165, 1.54) is 0 Å². The minimum absolute atomic E-state index is 0.0169. The Hall–Kier alpha value is -0.610. The molecule has 0 aliphatic carbocycles. The van der Waals surface area contributed by atoms with Gasteiger partial charge in [0.15, 0.2) is 0 Å². The second-order valence-electron chi connectivity index (χ2n) is 5.93. The highest BCUT2D eigenvalue weighted by atomic mass is 16.5. The molecule has 0 radical (unpaired) electrons. The number of nitrogens with zero attached hydrogens (tertiary/aromatic N) is 1. The summed E-state index contributed by atoms with van der Waals surface area (Å²) in [6, 6.07) is 0. The van der Waals surface area contributed by atoms with Gasteiger partial charge in [-0.25, -0.2) is 0 Å². The van der Waals surface area contributed by atoms with Gasteiger partial charge < -0.3 is 14.7 Å². The van der Waals surface area contributed by atoms with Crippen LogP contribution in [-0.4, -0.2) is 47.3 Å². The van der Waals surface area contributed by atoms with Gasteiger partial charge in [0.05, 0.1) is 18.3 Å². The van der Waals surface area contributed by atoms with Gasteiger partial charge in [0, 0.05) is 19.0 Å². The summed E-state index contributed by atoms with van der Waals surface area (Å²) in [5.41, 5.74) is -0.377. The smallest absolute Gasteiger partial charge is 0.225 e. The van der Waals surface area contributed by atoms with Gasteiger partial charge in [0.2, 0.25) is 5.91 Å². The lowest BCUT2D eigenvalue weighted by atomic mass is 9.95. The third-order valence-electron chi connectivity index (χ3n) is 3.39. The molecule has 0 aromatic rings. The van der Waals surface area contributed by atoms with Gasteiger partial charge >= 0.3 is 0 Å². The molecule has 0 aromatic carbocycles. The molecule has 2 atom stereocenters. The first-order valence-electron chi connectivity index (χ1n) is 6.34. The molecule has 1 rings (SSSR count). The first-order valence-corrected chi connectivity index (χ1v) is 6.34. The van der Waals surface area contributed by atoms with E-state index in [-0.39, 0.29) is 30.1 Å². The summed E-state index contributed by atoms with van der Waals surface area (Å²) < 4.78 is 5.70. The van der Waals surface area contributed by atoms with Crippen LogP contribution in [0.25, 0.3) is 0 Å². The molecule has 2 unspecified atom stereocenters. The number of aliphatic hydroxyl groups is 1. The highest BCUT2D eigenvalue weighted by molar-refractivity contribution is 5.79. The molecule has 4 nitrogen and oxygen atoms in total. The average molecular weight is 243 g/mol. The van der Waals surface area contributed by atoms with Crippen LogP contribution in [0, 0.1) is 11.8 Å². The fourth-order valence-electron chi connectivity index (χ4n) is 2.13. The standard InChI is InChI=1S/C13H25NO3/c1-9(2)10(3)12(16)14-6-11(7-15)17-13(4,5)8-14/h9-11,15H,6-8H2,1-5H3. The predicted molar refractivity (Wildman–Crippen MR) is 66.6 cm³/mol. The lowest BCUT2D eigenvalue weighted by Gasteiger charge is -2.43. The zero-order chi connectivity index (χ0) is 13.2. The maximum atomic E-state index is 12.3. The predicted octanol–water partition coefficient (Wildman–Crippen LogP) is 1.28. The Bertz CT molecular complexity index is 276. The molecule has 1 amide bonds. The molecule has 4 heteroatoms. The van der Waals surface area contributed by atoms with Crippen molar-refractivity contribution in [2.75, 3.05) is 19.7 Å². The lowest BCUT2D eigenvalue weighted by molar-refractivity contribution is -0.170. The highest BCUT2D eigenvalue weighted by Gasteiger charge is 2.36. The van der Waals surface area contributed by atoms with E-state index < -0.39 is 0 Å². The molecule has 0 bridgehead atoms. The number of hydrogen-bond acceptors (Lipinski definition) is 3. The van der Waals surface area contributed by atoms with Crippen LogP contribution in [0.3, 0.4) is 0 Å². The number of ether oxygens (including phenoxy) is 1. The molecule has 0 spiro atoms. The normalized spacial score (nSPS) is 26.1. The number of amides is 1. The van der Waals surface area contributed by atoms with Gasteiger partial charge in [-0.2, -0.15) is 0 Å². The molecule has 1 fully saturated rings.